The maximum atomic E-state index is 11.3. The molecule has 1 aromatic heterocycles. The molecule has 1 aromatic carbocycles. The Balaban J connectivity index is 2.70. The van der Waals surface area contributed by atoms with Crippen molar-refractivity contribution in [3.8, 4) is 16.9 Å². The summed E-state index contributed by atoms with van der Waals surface area (Å²) in [5.74, 6) is 0.474. The number of rotatable bonds is 3. The van der Waals surface area contributed by atoms with Crippen molar-refractivity contribution in [2.75, 3.05) is 18.2 Å². The summed E-state index contributed by atoms with van der Waals surface area (Å²) in [4.78, 5) is 11.3. The number of aromatic nitrogens is 1. The molecule has 0 saturated carbocycles. The van der Waals surface area contributed by atoms with Gasteiger partial charge < -0.3 is 20.3 Å². The van der Waals surface area contributed by atoms with E-state index in [4.69, 9.17) is 15.0 Å². The summed E-state index contributed by atoms with van der Waals surface area (Å²) in [5, 5.41) is 6.37. The zero-order valence-electron chi connectivity index (χ0n) is 10.4. The maximum Gasteiger partial charge on any atom is 0.230 e. The molecule has 100 valence electrons. The summed E-state index contributed by atoms with van der Waals surface area (Å²) in [7, 11) is 1.52. The van der Waals surface area contributed by atoms with Gasteiger partial charge in [-0.05, 0) is 12.1 Å². The Bertz CT molecular complexity index is 625. The summed E-state index contributed by atoms with van der Waals surface area (Å²) in [6.07, 6.45) is 1.49. The lowest BCUT2D eigenvalue weighted by atomic mass is 10.1. The van der Waals surface area contributed by atoms with Gasteiger partial charge in [0, 0.05) is 17.0 Å². The predicted octanol–water partition coefficient (Wildman–Crippen LogP) is 2.65. The standard InChI is InChI=1S/C12H12BrN3O3/c1-6(17)16-11-9(18-2)4-3-8(13)10(11)7-5-15-19-12(7)14/h3-5H,14H2,1-2H3,(H,16,17). The highest BCUT2D eigenvalue weighted by atomic mass is 79.9. The van der Waals surface area contributed by atoms with E-state index in [1.165, 1.54) is 20.2 Å². The monoisotopic (exact) mass is 325 g/mol. The second-order valence-corrected chi connectivity index (χ2v) is 4.64. The van der Waals surface area contributed by atoms with Crippen molar-refractivity contribution < 1.29 is 14.1 Å². The molecule has 0 aliphatic carbocycles. The third-order valence-corrected chi connectivity index (χ3v) is 3.17. The molecule has 1 amide bonds. The highest BCUT2D eigenvalue weighted by molar-refractivity contribution is 9.10. The number of carbonyl (C=O) groups excluding carboxylic acids is 1. The number of hydrogen-bond acceptors (Lipinski definition) is 5. The van der Waals surface area contributed by atoms with E-state index < -0.39 is 0 Å². The fourth-order valence-corrected chi connectivity index (χ4v) is 2.27. The van der Waals surface area contributed by atoms with Gasteiger partial charge >= 0.3 is 0 Å². The highest BCUT2D eigenvalue weighted by Gasteiger charge is 2.19. The smallest absolute Gasteiger partial charge is 0.230 e. The van der Waals surface area contributed by atoms with Crippen molar-refractivity contribution >= 4 is 33.4 Å². The van der Waals surface area contributed by atoms with Crippen LogP contribution in [0, 0.1) is 0 Å². The van der Waals surface area contributed by atoms with Crippen LogP contribution in [0.25, 0.3) is 11.1 Å². The van der Waals surface area contributed by atoms with Gasteiger partial charge in [-0.15, -0.1) is 0 Å². The van der Waals surface area contributed by atoms with E-state index in [0.29, 0.717) is 22.6 Å². The molecular formula is C12H12BrN3O3. The van der Waals surface area contributed by atoms with Gasteiger partial charge in [0.05, 0.1) is 24.6 Å². The van der Waals surface area contributed by atoms with Crippen LogP contribution in [0.1, 0.15) is 6.92 Å². The molecule has 0 spiro atoms. The molecule has 0 bridgehead atoms. The van der Waals surface area contributed by atoms with Crippen LogP contribution in [-0.2, 0) is 4.79 Å². The molecule has 0 atom stereocenters. The Labute approximate surface area is 118 Å². The van der Waals surface area contributed by atoms with Crippen molar-refractivity contribution in [3.05, 3.63) is 22.8 Å². The first-order chi connectivity index (χ1) is 9.04. The number of benzene rings is 1. The number of carbonyl (C=O) groups is 1. The van der Waals surface area contributed by atoms with Crippen LogP contribution < -0.4 is 15.8 Å². The SMILES string of the molecule is COc1ccc(Br)c(-c2cnoc2N)c1NC(C)=O. The molecule has 2 aromatic rings. The number of nitrogens with zero attached hydrogens (tertiary/aromatic N) is 1. The third-order valence-electron chi connectivity index (χ3n) is 2.50. The number of ether oxygens (including phenoxy) is 1. The van der Waals surface area contributed by atoms with Crippen molar-refractivity contribution in [2.45, 2.75) is 6.92 Å². The number of nitrogens with one attached hydrogen (secondary N) is 1. The highest BCUT2D eigenvalue weighted by Crippen LogP contribution is 2.43. The fourth-order valence-electron chi connectivity index (χ4n) is 1.73. The van der Waals surface area contributed by atoms with Crippen LogP contribution in [0.4, 0.5) is 11.6 Å². The third kappa shape index (κ3) is 2.55. The van der Waals surface area contributed by atoms with Gasteiger partial charge in [0.1, 0.15) is 5.75 Å². The lowest BCUT2D eigenvalue weighted by molar-refractivity contribution is -0.114. The number of nitrogen functional groups attached to an aromatic ring is 1. The Morgan fingerprint density at radius 3 is 2.79 bits per heavy atom. The zero-order chi connectivity index (χ0) is 14.0. The second-order valence-electron chi connectivity index (χ2n) is 3.78. The van der Waals surface area contributed by atoms with Crippen LogP contribution in [0.15, 0.2) is 27.3 Å². The minimum Gasteiger partial charge on any atom is -0.495 e. The number of hydrogen-bond donors (Lipinski definition) is 2. The molecule has 6 nitrogen and oxygen atoms in total. The molecule has 3 N–H and O–H groups in total. The second kappa shape index (κ2) is 5.31. The Morgan fingerprint density at radius 2 is 2.26 bits per heavy atom. The van der Waals surface area contributed by atoms with Crippen molar-refractivity contribution in [3.63, 3.8) is 0 Å². The molecule has 0 saturated heterocycles. The summed E-state index contributed by atoms with van der Waals surface area (Å²) < 4.78 is 10.9. The zero-order valence-corrected chi connectivity index (χ0v) is 11.9. The molecular weight excluding hydrogens is 314 g/mol. The molecule has 0 radical (unpaired) electrons. The number of nitrogens with two attached hydrogens (primary N) is 1. The molecule has 19 heavy (non-hydrogen) atoms. The van der Waals surface area contributed by atoms with Gasteiger partial charge in [-0.2, -0.15) is 0 Å². The molecule has 0 aliphatic rings. The fraction of sp³-hybridized carbons (Fsp3) is 0.167. The van der Waals surface area contributed by atoms with E-state index in [0.717, 1.165) is 4.47 Å². The number of anilines is 2. The Hall–Kier alpha value is -2.02. The first kappa shape index (κ1) is 13.4. The van der Waals surface area contributed by atoms with E-state index >= 15 is 0 Å². The number of amides is 1. The van der Waals surface area contributed by atoms with Gasteiger partial charge in [-0.3, -0.25) is 4.79 Å². The van der Waals surface area contributed by atoms with Crippen molar-refractivity contribution in [1.82, 2.24) is 5.16 Å². The van der Waals surface area contributed by atoms with E-state index in [-0.39, 0.29) is 11.8 Å². The maximum absolute atomic E-state index is 11.3. The molecule has 0 fully saturated rings. The molecule has 0 unspecified atom stereocenters. The summed E-state index contributed by atoms with van der Waals surface area (Å²) in [5.41, 5.74) is 7.48. The normalized spacial score (nSPS) is 10.3. The van der Waals surface area contributed by atoms with Gasteiger partial charge in [-0.1, -0.05) is 21.1 Å². The predicted molar refractivity (Wildman–Crippen MR) is 74.9 cm³/mol. The summed E-state index contributed by atoms with van der Waals surface area (Å²) in [6.45, 7) is 1.42. The minimum atomic E-state index is -0.215. The lowest BCUT2D eigenvalue weighted by Gasteiger charge is -2.15. The van der Waals surface area contributed by atoms with Gasteiger partial charge in [0.2, 0.25) is 11.8 Å². The summed E-state index contributed by atoms with van der Waals surface area (Å²) >= 11 is 3.42. The van der Waals surface area contributed by atoms with Crippen LogP contribution in [0.3, 0.4) is 0 Å². The molecule has 7 heteroatoms. The number of methoxy groups -OCH3 is 1. The molecule has 0 aliphatic heterocycles. The van der Waals surface area contributed by atoms with Crippen molar-refractivity contribution in [1.29, 1.82) is 0 Å². The van der Waals surface area contributed by atoms with Crippen LogP contribution in [0.5, 0.6) is 5.75 Å². The van der Waals surface area contributed by atoms with Crippen LogP contribution in [0.2, 0.25) is 0 Å². The Morgan fingerprint density at radius 1 is 1.53 bits per heavy atom. The average molecular weight is 326 g/mol. The molecule has 1 heterocycles. The van der Waals surface area contributed by atoms with Crippen LogP contribution >= 0.6 is 15.9 Å². The first-order valence-electron chi connectivity index (χ1n) is 5.39. The largest absolute Gasteiger partial charge is 0.495 e. The van der Waals surface area contributed by atoms with Crippen molar-refractivity contribution in [2.24, 2.45) is 0 Å². The minimum absolute atomic E-state index is 0.167. The Kier molecular flexibility index (Phi) is 3.75. The topological polar surface area (TPSA) is 90.4 Å². The van der Waals surface area contributed by atoms with E-state index in [2.05, 4.69) is 26.4 Å². The van der Waals surface area contributed by atoms with E-state index in [1.54, 1.807) is 12.1 Å². The van der Waals surface area contributed by atoms with Crippen LogP contribution in [-0.4, -0.2) is 18.2 Å². The van der Waals surface area contributed by atoms with E-state index in [9.17, 15) is 4.79 Å². The van der Waals surface area contributed by atoms with Gasteiger partial charge in [-0.25, -0.2) is 0 Å². The first-order valence-corrected chi connectivity index (χ1v) is 6.18. The number of halogens is 1. The van der Waals surface area contributed by atoms with Gasteiger partial charge in [0.25, 0.3) is 0 Å². The quantitative estimate of drug-likeness (QED) is 0.905. The van der Waals surface area contributed by atoms with E-state index in [1.807, 2.05) is 0 Å². The van der Waals surface area contributed by atoms with Gasteiger partial charge in [0.15, 0.2) is 0 Å². The summed E-state index contributed by atoms with van der Waals surface area (Å²) in [6, 6.07) is 3.54. The molecule has 2 rings (SSSR count). The lowest BCUT2D eigenvalue weighted by Crippen LogP contribution is -2.09. The average Bonchev–Trinajstić information content (AvgIpc) is 2.75.